The van der Waals surface area contributed by atoms with E-state index >= 15 is 0 Å². The highest BCUT2D eigenvalue weighted by Gasteiger charge is 2.22. The second-order valence-electron chi connectivity index (χ2n) is 4.94. The quantitative estimate of drug-likeness (QED) is 0.859. The summed E-state index contributed by atoms with van der Waals surface area (Å²) in [5, 5.41) is 10.5. The first-order chi connectivity index (χ1) is 8.94. The highest BCUT2D eigenvalue weighted by atomic mass is 79.9. The summed E-state index contributed by atoms with van der Waals surface area (Å²) in [6.07, 6.45) is 2.90. The smallest absolute Gasteiger partial charge is 0.0715 e. The van der Waals surface area contributed by atoms with Crippen LogP contribution in [0.1, 0.15) is 18.2 Å². The number of nitrogens with zero attached hydrogens (tertiary/aromatic N) is 1. The molecule has 1 heterocycles. The van der Waals surface area contributed by atoms with Crippen molar-refractivity contribution in [2.75, 3.05) is 0 Å². The van der Waals surface area contributed by atoms with Crippen LogP contribution in [0.4, 0.5) is 0 Å². The van der Waals surface area contributed by atoms with Crippen molar-refractivity contribution in [2.24, 2.45) is 0 Å². The van der Waals surface area contributed by atoms with Gasteiger partial charge in [-0.3, -0.25) is 4.98 Å². The van der Waals surface area contributed by atoms with Crippen LogP contribution in [0.25, 0.3) is 0 Å². The van der Waals surface area contributed by atoms with E-state index in [1.807, 2.05) is 43.3 Å². The van der Waals surface area contributed by atoms with Crippen molar-refractivity contribution in [1.29, 1.82) is 0 Å². The van der Waals surface area contributed by atoms with E-state index < -0.39 is 5.60 Å². The predicted molar refractivity (Wildman–Crippen MR) is 84.1 cm³/mol. The van der Waals surface area contributed by atoms with Crippen molar-refractivity contribution in [3.8, 4) is 0 Å². The molecule has 0 aliphatic rings. The van der Waals surface area contributed by atoms with Crippen molar-refractivity contribution in [3.63, 3.8) is 0 Å². The van der Waals surface area contributed by atoms with E-state index in [2.05, 4.69) is 36.8 Å². The number of hydrogen-bond donors (Lipinski definition) is 1. The van der Waals surface area contributed by atoms with Gasteiger partial charge in [0, 0.05) is 33.7 Å². The summed E-state index contributed by atoms with van der Waals surface area (Å²) >= 11 is 6.76. The molecule has 0 saturated heterocycles. The van der Waals surface area contributed by atoms with Gasteiger partial charge < -0.3 is 5.11 Å². The average molecular weight is 385 g/mol. The first-order valence-corrected chi connectivity index (χ1v) is 7.60. The van der Waals surface area contributed by atoms with Gasteiger partial charge in [-0.15, -0.1) is 0 Å². The predicted octanol–water partition coefficient (Wildman–Crippen LogP) is 4.14. The van der Waals surface area contributed by atoms with Crippen LogP contribution >= 0.6 is 31.9 Å². The number of aromatic nitrogens is 1. The van der Waals surface area contributed by atoms with Gasteiger partial charge in [-0.2, -0.15) is 0 Å². The number of benzene rings is 1. The normalized spacial score (nSPS) is 14.1. The second kappa shape index (κ2) is 6.16. The van der Waals surface area contributed by atoms with Crippen LogP contribution in [0.15, 0.2) is 51.5 Å². The maximum absolute atomic E-state index is 10.5. The minimum atomic E-state index is -0.797. The van der Waals surface area contributed by atoms with Gasteiger partial charge in [-0.25, -0.2) is 0 Å². The third-order valence-corrected chi connectivity index (χ3v) is 3.85. The minimum Gasteiger partial charge on any atom is -0.389 e. The Balaban J connectivity index is 2.05. The molecule has 1 atom stereocenters. The Hall–Kier alpha value is -0.710. The Morgan fingerprint density at radius 3 is 2.21 bits per heavy atom. The van der Waals surface area contributed by atoms with Crippen LogP contribution in [0.3, 0.4) is 0 Å². The third-order valence-electron chi connectivity index (χ3n) is 2.85. The number of rotatable bonds is 4. The van der Waals surface area contributed by atoms with Crippen LogP contribution in [0.2, 0.25) is 0 Å². The molecule has 19 heavy (non-hydrogen) atoms. The van der Waals surface area contributed by atoms with E-state index in [-0.39, 0.29) is 0 Å². The molecule has 0 saturated carbocycles. The van der Waals surface area contributed by atoms with Crippen LogP contribution in [0, 0.1) is 0 Å². The first kappa shape index (κ1) is 14.7. The molecule has 0 fully saturated rings. The fourth-order valence-corrected chi connectivity index (χ4v) is 2.50. The molecule has 2 rings (SSSR count). The zero-order valence-corrected chi connectivity index (χ0v) is 13.8. The summed E-state index contributed by atoms with van der Waals surface area (Å²) in [6, 6.07) is 11.9. The molecule has 0 amide bonds. The maximum atomic E-state index is 10.5. The van der Waals surface area contributed by atoms with Crippen molar-refractivity contribution < 1.29 is 5.11 Å². The lowest BCUT2D eigenvalue weighted by molar-refractivity contribution is 0.0598. The van der Waals surface area contributed by atoms with Gasteiger partial charge in [0.1, 0.15) is 0 Å². The zero-order valence-electron chi connectivity index (χ0n) is 10.6. The molecule has 0 spiro atoms. The fourth-order valence-electron chi connectivity index (χ4n) is 2.01. The molecular formula is C15H15Br2NO. The topological polar surface area (TPSA) is 33.1 Å². The highest BCUT2D eigenvalue weighted by molar-refractivity contribution is 9.10. The molecule has 1 aromatic heterocycles. The van der Waals surface area contributed by atoms with Crippen molar-refractivity contribution in [1.82, 2.24) is 4.98 Å². The summed E-state index contributed by atoms with van der Waals surface area (Å²) in [5.41, 5.74) is 1.21. The van der Waals surface area contributed by atoms with Gasteiger partial charge in [0.05, 0.1) is 5.60 Å². The van der Waals surface area contributed by atoms with Crippen molar-refractivity contribution in [2.45, 2.75) is 25.4 Å². The van der Waals surface area contributed by atoms with E-state index in [4.69, 9.17) is 0 Å². The molecule has 1 aromatic carbocycles. The molecule has 1 N–H and O–H groups in total. The molecule has 0 aliphatic carbocycles. The van der Waals surface area contributed by atoms with Crippen LogP contribution < -0.4 is 0 Å². The van der Waals surface area contributed by atoms with Crippen molar-refractivity contribution in [3.05, 3.63) is 62.8 Å². The average Bonchev–Trinajstić information content (AvgIpc) is 2.34. The largest absolute Gasteiger partial charge is 0.389 e. The maximum Gasteiger partial charge on any atom is 0.0715 e. The van der Waals surface area contributed by atoms with Gasteiger partial charge in [-0.1, -0.05) is 28.1 Å². The Bertz CT molecular complexity index is 486. The third kappa shape index (κ3) is 4.71. The zero-order chi connectivity index (χ0) is 13.9. The molecule has 100 valence electrons. The summed E-state index contributed by atoms with van der Waals surface area (Å²) < 4.78 is 1.99. The Labute approximate surface area is 130 Å². The van der Waals surface area contributed by atoms with E-state index in [9.17, 15) is 5.11 Å². The molecule has 0 aliphatic heterocycles. The SMILES string of the molecule is CC(O)(Cc1ccc(Br)cc1)Cc1ccc(Br)cn1. The lowest BCUT2D eigenvalue weighted by Crippen LogP contribution is -2.30. The summed E-state index contributed by atoms with van der Waals surface area (Å²) in [5.74, 6) is 0. The second-order valence-corrected chi connectivity index (χ2v) is 6.78. The minimum absolute atomic E-state index is 0.538. The van der Waals surface area contributed by atoms with Crippen molar-refractivity contribution >= 4 is 31.9 Å². The van der Waals surface area contributed by atoms with E-state index in [0.717, 1.165) is 20.2 Å². The Morgan fingerprint density at radius 2 is 1.63 bits per heavy atom. The van der Waals surface area contributed by atoms with Crippen LogP contribution in [-0.2, 0) is 12.8 Å². The molecule has 0 radical (unpaired) electrons. The Kier molecular flexibility index (Phi) is 4.76. The van der Waals surface area contributed by atoms with Crippen LogP contribution in [-0.4, -0.2) is 15.7 Å². The number of hydrogen-bond acceptors (Lipinski definition) is 2. The van der Waals surface area contributed by atoms with Gasteiger partial charge in [0.2, 0.25) is 0 Å². The molecule has 2 aromatic rings. The molecule has 4 heteroatoms. The number of pyridine rings is 1. The van der Waals surface area contributed by atoms with Gasteiger partial charge in [0.15, 0.2) is 0 Å². The fraction of sp³-hybridized carbons (Fsp3) is 0.267. The molecule has 1 unspecified atom stereocenters. The van der Waals surface area contributed by atoms with Crippen LogP contribution in [0.5, 0.6) is 0 Å². The molecule has 0 bridgehead atoms. The number of halogens is 2. The van der Waals surface area contributed by atoms with Gasteiger partial charge in [-0.05, 0) is 52.7 Å². The summed E-state index contributed by atoms with van der Waals surface area (Å²) in [4.78, 5) is 4.30. The monoisotopic (exact) mass is 383 g/mol. The van der Waals surface area contributed by atoms with Gasteiger partial charge >= 0.3 is 0 Å². The summed E-state index contributed by atoms with van der Waals surface area (Å²) in [7, 11) is 0. The standard InChI is InChI=1S/C15H15Br2NO/c1-15(19,8-11-2-4-12(16)5-3-11)9-14-7-6-13(17)10-18-14/h2-7,10,19H,8-9H2,1H3. The highest BCUT2D eigenvalue weighted by Crippen LogP contribution is 2.20. The lowest BCUT2D eigenvalue weighted by atomic mass is 9.92. The molecule has 2 nitrogen and oxygen atoms in total. The molecular weight excluding hydrogens is 370 g/mol. The van der Waals surface area contributed by atoms with E-state index in [1.54, 1.807) is 6.20 Å². The van der Waals surface area contributed by atoms with Gasteiger partial charge in [0.25, 0.3) is 0 Å². The number of aliphatic hydroxyl groups is 1. The summed E-state index contributed by atoms with van der Waals surface area (Å²) in [6.45, 7) is 1.85. The first-order valence-electron chi connectivity index (χ1n) is 6.02. The lowest BCUT2D eigenvalue weighted by Gasteiger charge is -2.23. The Morgan fingerprint density at radius 1 is 1.00 bits per heavy atom. The van der Waals surface area contributed by atoms with E-state index in [1.165, 1.54) is 0 Å². The van der Waals surface area contributed by atoms with E-state index in [0.29, 0.717) is 12.8 Å².